The molecule has 2 aliphatic heterocycles. The molecule has 0 radical (unpaired) electrons. The molecule has 24 heavy (non-hydrogen) atoms. The highest BCUT2D eigenvalue weighted by Crippen LogP contribution is 2.36. The lowest BCUT2D eigenvalue weighted by Gasteiger charge is -2.26. The van der Waals surface area contributed by atoms with E-state index in [-0.39, 0.29) is 12.7 Å². The number of hydrogen-bond donors (Lipinski definition) is 0. The zero-order chi connectivity index (χ0) is 16.5. The highest BCUT2D eigenvalue weighted by Gasteiger charge is 2.29. The van der Waals surface area contributed by atoms with E-state index in [2.05, 4.69) is 0 Å². The van der Waals surface area contributed by atoms with Crippen molar-refractivity contribution in [1.82, 2.24) is 4.90 Å². The van der Waals surface area contributed by atoms with Crippen molar-refractivity contribution in [2.24, 2.45) is 0 Å². The topological polar surface area (TPSA) is 55.8 Å². The number of carbonyl (C=O) groups is 2. The van der Waals surface area contributed by atoms with Crippen LogP contribution in [-0.2, 0) is 17.6 Å². The van der Waals surface area contributed by atoms with Crippen molar-refractivity contribution in [1.29, 1.82) is 0 Å². The molecule has 2 aromatic carbocycles. The second-order valence-electron chi connectivity index (χ2n) is 6.00. The molecule has 5 nitrogen and oxygen atoms in total. The van der Waals surface area contributed by atoms with Gasteiger partial charge < -0.3 is 19.2 Å². The van der Waals surface area contributed by atoms with Gasteiger partial charge in [-0.25, -0.2) is 0 Å². The van der Waals surface area contributed by atoms with E-state index in [1.165, 1.54) is 0 Å². The summed E-state index contributed by atoms with van der Waals surface area (Å²) in [5.41, 5.74) is 2.75. The molecule has 0 fully saturated rings. The van der Waals surface area contributed by atoms with Crippen molar-refractivity contribution < 1.29 is 19.1 Å². The molecule has 2 aromatic rings. The summed E-state index contributed by atoms with van der Waals surface area (Å²) in [6.07, 6.45) is 2.05. The van der Waals surface area contributed by atoms with Gasteiger partial charge in [0.2, 0.25) is 6.79 Å². The minimum absolute atomic E-state index is 0.111. The van der Waals surface area contributed by atoms with Crippen LogP contribution in [0, 0.1) is 0 Å². The Bertz CT molecular complexity index is 787. The fourth-order valence-corrected chi connectivity index (χ4v) is 3.31. The Balaban J connectivity index is 1.65. The Hall–Kier alpha value is -2.82. The number of rotatable bonds is 2. The number of nitrogens with zero attached hydrogens (tertiary/aromatic N) is 1. The first-order valence-corrected chi connectivity index (χ1v) is 7.99. The monoisotopic (exact) mass is 323 g/mol. The van der Waals surface area contributed by atoms with Gasteiger partial charge in [0.15, 0.2) is 11.5 Å². The van der Waals surface area contributed by atoms with Crippen LogP contribution in [0.2, 0.25) is 0 Å². The maximum Gasteiger partial charge on any atom is 0.254 e. The zero-order valence-corrected chi connectivity index (χ0v) is 13.1. The van der Waals surface area contributed by atoms with Gasteiger partial charge >= 0.3 is 0 Å². The van der Waals surface area contributed by atoms with Crippen molar-refractivity contribution in [2.45, 2.75) is 18.9 Å². The quantitative estimate of drug-likeness (QED) is 0.795. The number of carbonyl (C=O) groups excluding carboxylic acids is 2. The summed E-state index contributed by atoms with van der Waals surface area (Å²) in [5, 5.41) is 0. The van der Waals surface area contributed by atoms with Crippen LogP contribution in [0.3, 0.4) is 0 Å². The molecule has 0 aromatic heterocycles. The first-order valence-electron chi connectivity index (χ1n) is 7.99. The van der Waals surface area contributed by atoms with E-state index in [1.54, 1.807) is 17.0 Å². The number of aldehydes is 1. The number of benzene rings is 2. The standard InChI is InChI=1S/C19H17NO4/c21-11-16-8-15-10-18-17(23-12-24-18)9-14(15)6-7-20(16)19(22)13-4-2-1-3-5-13/h1-5,9-11,16H,6-8,12H2. The third kappa shape index (κ3) is 2.52. The first-order chi connectivity index (χ1) is 11.8. The van der Waals surface area contributed by atoms with E-state index in [1.807, 2.05) is 30.3 Å². The van der Waals surface area contributed by atoms with Crippen molar-refractivity contribution >= 4 is 12.2 Å². The largest absolute Gasteiger partial charge is 0.454 e. The van der Waals surface area contributed by atoms with Gasteiger partial charge in [-0.05, 0) is 41.8 Å². The van der Waals surface area contributed by atoms with Gasteiger partial charge in [0.05, 0.1) is 6.04 Å². The molecule has 0 spiro atoms. The molecule has 2 aliphatic rings. The Labute approximate surface area is 139 Å². The molecule has 0 bridgehead atoms. The molecule has 4 rings (SSSR count). The van der Waals surface area contributed by atoms with Crippen LogP contribution >= 0.6 is 0 Å². The summed E-state index contributed by atoms with van der Waals surface area (Å²) in [6, 6.07) is 12.5. The minimum atomic E-state index is -0.473. The lowest BCUT2D eigenvalue weighted by atomic mass is 10.00. The summed E-state index contributed by atoms with van der Waals surface area (Å²) in [4.78, 5) is 26.1. The van der Waals surface area contributed by atoms with Crippen LogP contribution in [0.25, 0.3) is 0 Å². The van der Waals surface area contributed by atoms with Gasteiger partial charge in [0, 0.05) is 18.5 Å². The zero-order valence-electron chi connectivity index (χ0n) is 13.1. The maximum atomic E-state index is 12.8. The smallest absolute Gasteiger partial charge is 0.254 e. The average molecular weight is 323 g/mol. The molecule has 0 N–H and O–H groups in total. The van der Waals surface area contributed by atoms with Crippen molar-refractivity contribution in [3.05, 3.63) is 59.2 Å². The van der Waals surface area contributed by atoms with Gasteiger partial charge in [0.1, 0.15) is 6.29 Å². The molecule has 0 saturated carbocycles. The van der Waals surface area contributed by atoms with Gasteiger partial charge in [0.25, 0.3) is 5.91 Å². The van der Waals surface area contributed by atoms with Crippen LogP contribution in [0.1, 0.15) is 21.5 Å². The predicted octanol–water partition coefficient (Wildman–Crippen LogP) is 2.22. The van der Waals surface area contributed by atoms with Gasteiger partial charge in [-0.2, -0.15) is 0 Å². The normalized spacial score (nSPS) is 18.7. The number of hydrogen-bond acceptors (Lipinski definition) is 4. The maximum absolute atomic E-state index is 12.8. The number of amides is 1. The molecule has 0 aliphatic carbocycles. The van der Waals surface area contributed by atoms with E-state index >= 15 is 0 Å². The van der Waals surface area contributed by atoms with Crippen molar-refractivity contribution in [3.63, 3.8) is 0 Å². The summed E-state index contributed by atoms with van der Waals surface area (Å²) < 4.78 is 10.9. The van der Waals surface area contributed by atoms with E-state index in [4.69, 9.17) is 9.47 Å². The highest BCUT2D eigenvalue weighted by atomic mass is 16.7. The lowest BCUT2D eigenvalue weighted by molar-refractivity contribution is -0.111. The van der Waals surface area contributed by atoms with E-state index in [0.717, 1.165) is 23.2 Å². The fraction of sp³-hybridized carbons (Fsp3) is 0.263. The molecular weight excluding hydrogens is 306 g/mol. The second-order valence-corrected chi connectivity index (χ2v) is 6.00. The van der Waals surface area contributed by atoms with Crippen LogP contribution < -0.4 is 9.47 Å². The van der Waals surface area contributed by atoms with E-state index in [9.17, 15) is 9.59 Å². The minimum Gasteiger partial charge on any atom is -0.454 e. The summed E-state index contributed by atoms with van der Waals surface area (Å²) >= 11 is 0. The highest BCUT2D eigenvalue weighted by molar-refractivity contribution is 5.95. The van der Waals surface area contributed by atoms with Gasteiger partial charge in [-0.3, -0.25) is 4.79 Å². The van der Waals surface area contributed by atoms with E-state index in [0.29, 0.717) is 30.7 Å². The Morgan fingerprint density at radius 2 is 1.79 bits per heavy atom. The third-order valence-electron chi connectivity index (χ3n) is 4.58. The number of fused-ring (bicyclic) bond motifs is 2. The van der Waals surface area contributed by atoms with Crippen LogP contribution in [0.4, 0.5) is 0 Å². The van der Waals surface area contributed by atoms with Gasteiger partial charge in [-0.15, -0.1) is 0 Å². The molecule has 1 unspecified atom stereocenters. The summed E-state index contributed by atoms with van der Waals surface area (Å²) in [7, 11) is 0. The lowest BCUT2D eigenvalue weighted by Crippen LogP contribution is -2.42. The molecule has 2 heterocycles. The average Bonchev–Trinajstić information content (AvgIpc) is 3.00. The molecule has 0 saturated heterocycles. The molecule has 5 heteroatoms. The van der Waals surface area contributed by atoms with Crippen molar-refractivity contribution in [2.75, 3.05) is 13.3 Å². The Morgan fingerprint density at radius 1 is 1.08 bits per heavy atom. The third-order valence-corrected chi connectivity index (χ3v) is 4.58. The SMILES string of the molecule is O=CC1Cc2cc3c(cc2CCN1C(=O)c1ccccc1)OCO3. The molecule has 1 atom stereocenters. The Morgan fingerprint density at radius 3 is 2.50 bits per heavy atom. The van der Waals surface area contributed by atoms with Crippen molar-refractivity contribution in [3.8, 4) is 11.5 Å². The molecular formula is C19H17NO4. The van der Waals surface area contributed by atoms with Gasteiger partial charge in [-0.1, -0.05) is 18.2 Å². The summed E-state index contributed by atoms with van der Waals surface area (Å²) in [6.45, 7) is 0.734. The van der Waals surface area contributed by atoms with E-state index < -0.39 is 6.04 Å². The van der Waals surface area contributed by atoms with Crippen LogP contribution in [0.15, 0.2) is 42.5 Å². The Kier molecular flexibility index (Phi) is 3.69. The molecule has 1 amide bonds. The van der Waals surface area contributed by atoms with Crippen LogP contribution in [-0.4, -0.2) is 36.5 Å². The predicted molar refractivity (Wildman–Crippen MR) is 87.3 cm³/mol. The second kappa shape index (κ2) is 6.00. The van der Waals surface area contributed by atoms with Crippen LogP contribution in [0.5, 0.6) is 11.5 Å². The first kappa shape index (κ1) is 14.8. The number of ether oxygens (including phenoxy) is 2. The summed E-state index contributed by atoms with van der Waals surface area (Å²) in [5.74, 6) is 1.33. The molecule has 122 valence electrons. The fourth-order valence-electron chi connectivity index (χ4n) is 3.31.